The zero-order valence-electron chi connectivity index (χ0n) is 15.3. The van der Waals surface area contributed by atoms with Crippen LogP contribution in [-0.4, -0.2) is 38.7 Å². The first-order chi connectivity index (χ1) is 14.4. The van der Waals surface area contributed by atoms with Crippen LogP contribution in [0.2, 0.25) is 0 Å². The molecule has 0 aliphatic rings. The summed E-state index contributed by atoms with van der Waals surface area (Å²) in [7, 11) is 0. The molecule has 2 aromatic heterocycles. The Bertz CT molecular complexity index is 1160. The highest BCUT2D eigenvalue weighted by Gasteiger charge is 2.29. The van der Waals surface area contributed by atoms with Gasteiger partial charge in [-0.1, -0.05) is 5.16 Å². The van der Waals surface area contributed by atoms with Crippen LogP contribution in [0, 0.1) is 0 Å². The molecule has 2 heterocycles. The second-order valence-electron chi connectivity index (χ2n) is 6.19. The van der Waals surface area contributed by atoms with Gasteiger partial charge < -0.3 is 4.74 Å². The molecule has 0 fully saturated rings. The van der Waals surface area contributed by atoms with E-state index in [2.05, 4.69) is 24.4 Å². The summed E-state index contributed by atoms with van der Waals surface area (Å²) in [4.78, 5) is 29.8. The van der Waals surface area contributed by atoms with E-state index in [-0.39, 0.29) is 28.8 Å². The minimum Gasteiger partial charge on any atom is -0.484 e. The number of aryl methyl sites for hydroxylation is 1. The molecule has 1 N–H and O–H groups in total. The van der Waals surface area contributed by atoms with Gasteiger partial charge in [-0.25, -0.2) is 9.78 Å². The summed E-state index contributed by atoms with van der Waals surface area (Å²) in [5, 5.41) is 3.35. The normalized spacial score (nSPS) is 12.2. The molecule has 0 saturated heterocycles. The molecule has 0 saturated carbocycles. The minimum absolute atomic E-state index is 0.0502. The van der Waals surface area contributed by atoms with Crippen LogP contribution in [0.3, 0.4) is 0 Å². The summed E-state index contributed by atoms with van der Waals surface area (Å²) in [5.41, 5.74) is -0.974. The molecule has 14 heteroatoms. The molecule has 0 aliphatic heterocycles. The third-order valence-electron chi connectivity index (χ3n) is 3.80. The largest absolute Gasteiger partial charge is 0.484 e. The molecule has 8 nitrogen and oxygen atoms in total. The second kappa shape index (κ2) is 8.28. The van der Waals surface area contributed by atoms with Crippen LogP contribution in [0.1, 0.15) is 12.2 Å². The number of rotatable bonds is 6. The number of nitrogens with one attached hydrogen (secondary N) is 1. The zero-order valence-corrected chi connectivity index (χ0v) is 15.3. The van der Waals surface area contributed by atoms with E-state index < -0.39 is 43.1 Å². The van der Waals surface area contributed by atoms with Crippen molar-refractivity contribution in [2.24, 2.45) is 0 Å². The van der Waals surface area contributed by atoms with Crippen molar-refractivity contribution in [2.45, 2.75) is 25.2 Å². The smallest absolute Gasteiger partial charge is 0.439 e. The van der Waals surface area contributed by atoms with Gasteiger partial charge in [0.1, 0.15) is 17.3 Å². The quantitative estimate of drug-likeness (QED) is 0.580. The number of hydrogen-bond donors (Lipinski definition) is 1. The number of hydrogen-bond acceptors (Lipinski definition) is 6. The number of halogens is 6. The van der Waals surface area contributed by atoms with Crippen molar-refractivity contribution in [2.75, 3.05) is 6.61 Å². The Morgan fingerprint density at radius 1 is 1.03 bits per heavy atom. The SMILES string of the molecule is O=c1[nH]c(-c2cc(=O)n(-c3ccc(OCC(F)(F)F)cc3)c(CCC(F)(F)F)n2)no1. The van der Waals surface area contributed by atoms with Gasteiger partial charge in [-0.2, -0.15) is 26.3 Å². The zero-order chi connectivity index (χ0) is 22.8. The molecule has 166 valence electrons. The summed E-state index contributed by atoms with van der Waals surface area (Å²) < 4.78 is 84.7. The number of nitrogens with zero attached hydrogens (tertiary/aromatic N) is 3. The third-order valence-corrected chi connectivity index (χ3v) is 3.80. The first-order valence-electron chi connectivity index (χ1n) is 8.47. The molecule has 3 rings (SSSR count). The van der Waals surface area contributed by atoms with Crippen molar-refractivity contribution in [3.05, 3.63) is 57.1 Å². The Balaban J connectivity index is 1.99. The van der Waals surface area contributed by atoms with Crippen molar-refractivity contribution < 1.29 is 35.6 Å². The van der Waals surface area contributed by atoms with Gasteiger partial charge in [0.15, 0.2) is 6.61 Å². The lowest BCUT2D eigenvalue weighted by Crippen LogP contribution is -2.25. The first-order valence-corrected chi connectivity index (χ1v) is 8.47. The standard InChI is InChI=1S/C17H12F6N4O4/c18-16(19,20)6-5-12-24-11(14-25-15(29)31-26-14)7-13(28)27(12)9-1-3-10(4-2-9)30-8-17(21,22)23/h1-4,7H,5-6,8H2,(H,25,26,29). The molecule has 0 unspecified atom stereocenters. The van der Waals surface area contributed by atoms with Gasteiger partial charge in [0.2, 0.25) is 5.82 Å². The molecule has 3 aromatic rings. The van der Waals surface area contributed by atoms with E-state index in [0.717, 1.165) is 22.8 Å². The molecule has 1 aromatic carbocycles. The fourth-order valence-corrected chi connectivity index (χ4v) is 2.55. The van der Waals surface area contributed by atoms with Crippen molar-refractivity contribution in [3.8, 4) is 23.0 Å². The van der Waals surface area contributed by atoms with Gasteiger partial charge in [-0.3, -0.25) is 18.9 Å². The Labute approximate surface area is 168 Å². The van der Waals surface area contributed by atoms with Crippen LogP contribution < -0.4 is 16.1 Å². The lowest BCUT2D eigenvalue weighted by Gasteiger charge is -2.15. The highest BCUT2D eigenvalue weighted by Crippen LogP contribution is 2.24. The number of H-pyrrole nitrogens is 1. The number of ether oxygens (including phenoxy) is 1. The van der Waals surface area contributed by atoms with Crippen LogP contribution in [0.15, 0.2) is 44.4 Å². The molecule has 0 bridgehead atoms. The van der Waals surface area contributed by atoms with Gasteiger partial charge >= 0.3 is 18.1 Å². The lowest BCUT2D eigenvalue weighted by molar-refractivity contribution is -0.153. The Hall–Kier alpha value is -3.58. The van der Waals surface area contributed by atoms with Gasteiger partial charge in [-0.05, 0) is 24.3 Å². The van der Waals surface area contributed by atoms with E-state index in [1.165, 1.54) is 12.1 Å². The van der Waals surface area contributed by atoms with Crippen LogP contribution >= 0.6 is 0 Å². The van der Waals surface area contributed by atoms with E-state index in [9.17, 15) is 35.9 Å². The van der Waals surface area contributed by atoms with E-state index in [0.29, 0.717) is 0 Å². The average molecular weight is 450 g/mol. The predicted molar refractivity (Wildman–Crippen MR) is 91.9 cm³/mol. The van der Waals surface area contributed by atoms with Gasteiger partial charge in [0, 0.05) is 12.5 Å². The monoisotopic (exact) mass is 450 g/mol. The van der Waals surface area contributed by atoms with Crippen LogP contribution in [0.4, 0.5) is 26.3 Å². The Morgan fingerprint density at radius 2 is 1.71 bits per heavy atom. The number of alkyl halides is 6. The lowest BCUT2D eigenvalue weighted by atomic mass is 10.2. The minimum atomic E-state index is -4.55. The third kappa shape index (κ3) is 5.96. The molecular weight excluding hydrogens is 438 g/mol. The van der Waals surface area contributed by atoms with E-state index in [4.69, 9.17) is 0 Å². The van der Waals surface area contributed by atoms with Crippen molar-refractivity contribution >= 4 is 0 Å². The van der Waals surface area contributed by atoms with E-state index >= 15 is 0 Å². The van der Waals surface area contributed by atoms with Crippen LogP contribution in [0.5, 0.6) is 5.75 Å². The average Bonchev–Trinajstić information content (AvgIpc) is 3.10. The summed E-state index contributed by atoms with van der Waals surface area (Å²) in [6.07, 6.45) is -11.1. The van der Waals surface area contributed by atoms with E-state index in [1.54, 1.807) is 0 Å². The van der Waals surface area contributed by atoms with Gasteiger partial charge in [0.25, 0.3) is 5.56 Å². The Morgan fingerprint density at radius 3 is 2.26 bits per heavy atom. The molecule has 31 heavy (non-hydrogen) atoms. The second-order valence-corrected chi connectivity index (χ2v) is 6.19. The van der Waals surface area contributed by atoms with Gasteiger partial charge in [-0.15, -0.1) is 0 Å². The molecule has 0 atom stereocenters. The summed E-state index contributed by atoms with van der Waals surface area (Å²) in [6, 6.07) is 5.57. The topological polar surface area (TPSA) is 103 Å². The van der Waals surface area contributed by atoms with Crippen molar-refractivity contribution in [3.63, 3.8) is 0 Å². The maximum atomic E-state index is 12.7. The predicted octanol–water partition coefficient (Wildman–Crippen LogP) is 3.01. The molecule has 0 amide bonds. The van der Waals surface area contributed by atoms with Crippen LogP contribution in [-0.2, 0) is 6.42 Å². The summed E-state index contributed by atoms with van der Waals surface area (Å²) >= 11 is 0. The summed E-state index contributed by atoms with van der Waals surface area (Å²) in [5.74, 6) is -1.67. The van der Waals surface area contributed by atoms with Gasteiger partial charge in [0.05, 0.1) is 12.1 Å². The molecule has 0 aliphatic carbocycles. The molecule has 0 radical (unpaired) electrons. The maximum absolute atomic E-state index is 12.7. The maximum Gasteiger partial charge on any atom is 0.439 e. The van der Waals surface area contributed by atoms with Crippen molar-refractivity contribution in [1.82, 2.24) is 19.7 Å². The highest BCUT2D eigenvalue weighted by molar-refractivity contribution is 5.48. The van der Waals surface area contributed by atoms with E-state index in [1.807, 2.05) is 0 Å². The van der Waals surface area contributed by atoms with Crippen molar-refractivity contribution in [1.29, 1.82) is 0 Å². The fourth-order valence-electron chi connectivity index (χ4n) is 2.55. The first kappa shape index (κ1) is 22.1. The number of benzene rings is 1. The summed E-state index contributed by atoms with van der Waals surface area (Å²) in [6.45, 7) is -1.53. The number of aromatic nitrogens is 4. The molecular formula is C17H12F6N4O4. The molecule has 0 spiro atoms. The fraction of sp³-hybridized carbons (Fsp3) is 0.294. The van der Waals surface area contributed by atoms with Crippen LogP contribution in [0.25, 0.3) is 17.2 Å². The Kier molecular flexibility index (Phi) is 5.90. The highest BCUT2D eigenvalue weighted by atomic mass is 19.4. The number of aromatic amines is 1.